The molecule has 0 saturated carbocycles. The van der Waals surface area contributed by atoms with Crippen LogP contribution in [0.25, 0.3) is 10.9 Å². The number of H-pyrrole nitrogens is 1. The minimum atomic E-state index is 0. The number of ether oxygens (including phenoxy) is 1. The fourth-order valence-corrected chi connectivity index (χ4v) is 3.44. The van der Waals surface area contributed by atoms with Gasteiger partial charge in [-0.3, -0.25) is 4.90 Å². The smallest absolute Gasteiger partial charge is 0.119 e. The normalized spacial score (nSPS) is 16.5. The summed E-state index contributed by atoms with van der Waals surface area (Å²) in [5.41, 5.74) is 2.60. The largest absolute Gasteiger partial charge is 0.497 e. The van der Waals surface area contributed by atoms with E-state index in [1.165, 1.54) is 22.9 Å². The number of fused-ring (bicyclic) bond motifs is 1. The van der Waals surface area contributed by atoms with Crippen molar-refractivity contribution in [3.05, 3.63) is 30.0 Å². The lowest BCUT2D eigenvalue weighted by Crippen LogP contribution is -2.45. The van der Waals surface area contributed by atoms with Gasteiger partial charge in [-0.15, -0.1) is 24.8 Å². The Balaban J connectivity index is 0.00000144. The van der Waals surface area contributed by atoms with Crippen LogP contribution < -0.4 is 10.1 Å². The van der Waals surface area contributed by atoms with E-state index in [9.17, 15) is 0 Å². The van der Waals surface area contributed by atoms with E-state index < -0.39 is 0 Å². The molecule has 1 aromatic carbocycles. The summed E-state index contributed by atoms with van der Waals surface area (Å²) in [6, 6.07) is 6.77. The number of nitrogens with zero attached hydrogens (tertiary/aromatic N) is 1. The number of benzene rings is 1. The first-order chi connectivity index (χ1) is 10.7. The van der Waals surface area contributed by atoms with Crippen molar-refractivity contribution in [2.24, 2.45) is 5.92 Å². The highest BCUT2D eigenvalue weighted by molar-refractivity contribution is 5.86. The second-order valence-corrected chi connectivity index (χ2v) is 6.59. The highest BCUT2D eigenvalue weighted by Gasteiger charge is 2.25. The number of aromatic nitrogens is 1. The molecule has 0 spiro atoms. The number of nitrogens with one attached hydrogen (secondary N) is 2. The van der Waals surface area contributed by atoms with Crippen molar-refractivity contribution in [3.8, 4) is 5.75 Å². The lowest BCUT2D eigenvalue weighted by molar-refractivity contribution is 0.155. The van der Waals surface area contributed by atoms with Gasteiger partial charge in [-0.05, 0) is 36.1 Å². The highest BCUT2D eigenvalue weighted by atomic mass is 35.5. The summed E-state index contributed by atoms with van der Waals surface area (Å²) in [4.78, 5) is 6.06. The zero-order valence-electron chi connectivity index (χ0n) is 14.7. The van der Waals surface area contributed by atoms with Crippen molar-refractivity contribution >= 4 is 35.7 Å². The SMILES string of the molecule is COc1ccc2[nH]cc([C@H](CC(C)C)N3CCNCC3)c2c1.Cl.Cl. The fourth-order valence-electron chi connectivity index (χ4n) is 3.44. The Morgan fingerprint density at radius 2 is 1.88 bits per heavy atom. The molecule has 0 radical (unpaired) electrons. The van der Waals surface area contributed by atoms with Crippen LogP contribution in [0, 0.1) is 5.92 Å². The Labute approximate surface area is 157 Å². The maximum Gasteiger partial charge on any atom is 0.119 e. The van der Waals surface area contributed by atoms with Crippen molar-refractivity contribution < 1.29 is 4.74 Å². The fraction of sp³-hybridized carbons (Fsp3) is 0.556. The van der Waals surface area contributed by atoms with Crippen LogP contribution in [0.1, 0.15) is 31.9 Å². The Morgan fingerprint density at radius 3 is 2.50 bits per heavy atom. The summed E-state index contributed by atoms with van der Waals surface area (Å²) in [5.74, 6) is 1.60. The second kappa shape index (κ2) is 9.52. The first-order valence-electron chi connectivity index (χ1n) is 8.29. The molecule has 0 amide bonds. The predicted molar refractivity (Wildman–Crippen MR) is 106 cm³/mol. The third-order valence-corrected chi connectivity index (χ3v) is 4.57. The van der Waals surface area contributed by atoms with Crippen molar-refractivity contribution in [3.63, 3.8) is 0 Å². The molecule has 4 nitrogen and oxygen atoms in total. The minimum absolute atomic E-state index is 0. The van der Waals surface area contributed by atoms with Crippen molar-refractivity contribution in [1.29, 1.82) is 0 Å². The maximum absolute atomic E-state index is 5.42. The summed E-state index contributed by atoms with van der Waals surface area (Å²) >= 11 is 0. The zero-order valence-corrected chi connectivity index (χ0v) is 16.3. The van der Waals surface area contributed by atoms with Gasteiger partial charge in [0.25, 0.3) is 0 Å². The van der Waals surface area contributed by atoms with Crippen LogP contribution in [-0.2, 0) is 0 Å². The number of methoxy groups -OCH3 is 1. The van der Waals surface area contributed by atoms with Gasteiger partial charge in [0.1, 0.15) is 5.75 Å². The van der Waals surface area contributed by atoms with E-state index in [-0.39, 0.29) is 24.8 Å². The number of piperazine rings is 1. The van der Waals surface area contributed by atoms with E-state index in [0.29, 0.717) is 12.0 Å². The van der Waals surface area contributed by atoms with Gasteiger partial charge in [-0.1, -0.05) is 13.8 Å². The Bertz CT molecular complexity index is 624. The van der Waals surface area contributed by atoms with Gasteiger partial charge in [0.05, 0.1) is 7.11 Å². The van der Waals surface area contributed by atoms with E-state index in [0.717, 1.165) is 31.9 Å². The maximum atomic E-state index is 5.42. The monoisotopic (exact) mass is 373 g/mol. The number of hydrogen-bond acceptors (Lipinski definition) is 3. The van der Waals surface area contributed by atoms with Crippen LogP contribution >= 0.6 is 24.8 Å². The van der Waals surface area contributed by atoms with Crippen LogP contribution in [0.3, 0.4) is 0 Å². The molecule has 24 heavy (non-hydrogen) atoms. The number of rotatable bonds is 5. The Hall–Kier alpha value is -0.940. The van der Waals surface area contributed by atoms with Gasteiger partial charge in [0.15, 0.2) is 0 Å². The van der Waals surface area contributed by atoms with E-state index in [2.05, 4.69) is 47.4 Å². The molecule has 3 rings (SSSR count). The van der Waals surface area contributed by atoms with Crippen LogP contribution in [0.4, 0.5) is 0 Å². The van der Waals surface area contributed by atoms with Crippen LogP contribution in [0.5, 0.6) is 5.75 Å². The molecule has 0 bridgehead atoms. The Kier molecular flexibility index (Phi) is 8.37. The molecule has 2 aromatic rings. The predicted octanol–water partition coefficient (Wildman–Crippen LogP) is 4.01. The van der Waals surface area contributed by atoms with Crippen molar-refractivity contribution in [1.82, 2.24) is 15.2 Å². The summed E-state index contributed by atoms with van der Waals surface area (Å²) in [6.45, 7) is 9.03. The average Bonchev–Trinajstić information content (AvgIpc) is 2.96. The topological polar surface area (TPSA) is 40.3 Å². The molecule has 1 aromatic heterocycles. The summed E-state index contributed by atoms with van der Waals surface area (Å²) in [6.07, 6.45) is 3.38. The standard InChI is InChI=1S/C18H27N3O.2ClH/c1-13(2)10-18(21-8-6-19-7-9-21)16-12-20-17-5-4-14(22-3)11-15(16)17;;/h4-5,11-13,18-20H,6-10H2,1-3H3;2*1H/t18-;;/m0../s1. The molecule has 6 heteroatoms. The highest BCUT2D eigenvalue weighted by Crippen LogP contribution is 2.34. The molecular formula is C18H29Cl2N3O. The van der Waals surface area contributed by atoms with Gasteiger partial charge >= 0.3 is 0 Å². The molecule has 1 saturated heterocycles. The number of hydrogen-bond donors (Lipinski definition) is 2. The second-order valence-electron chi connectivity index (χ2n) is 6.59. The third-order valence-electron chi connectivity index (χ3n) is 4.57. The number of aromatic amines is 1. The molecule has 1 atom stereocenters. The van der Waals surface area contributed by atoms with E-state index in [1.54, 1.807) is 7.11 Å². The van der Waals surface area contributed by atoms with Gasteiger partial charge in [-0.2, -0.15) is 0 Å². The minimum Gasteiger partial charge on any atom is -0.497 e. The van der Waals surface area contributed by atoms with Crippen molar-refractivity contribution in [2.45, 2.75) is 26.3 Å². The first-order valence-corrected chi connectivity index (χ1v) is 8.29. The van der Waals surface area contributed by atoms with Crippen molar-refractivity contribution in [2.75, 3.05) is 33.3 Å². The third kappa shape index (κ3) is 4.57. The summed E-state index contributed by atoms with van der Waals surface area (Å²) in [7, 11) is 1.73. The number of halogens is 2. The molecule has 1 fully saturated rings. The molecule has 0 aliphatic carbocycles. The molecule has 1 aliphatic heterocycles. The van der Waals surface area contributed by atoms with E-state index in [4.69, 9.17) is 4.74 Å². The van der Waals surface area contributed by atoms with Gasteiger partial charge in [0, 0.05) is 49.3 Å². The quantitative estimate of drug-likeness (QED) is 0.831. The Morgan fingerprint density at radius 1 is 1.17 bits per heavy atom. The van der Waals surface area contributed by atoms with Gasteiger partial charge in [-0.25, -0.2) is 0 Å². The lowest BCUT2D eigenvalue weighted by atomic mass is 9.94. The van der Waals surface area contributed by atoms with E-state index in [1.807, 2.05) is 6.07 Å². The molecule has 136 valence electrons. The van der Waals surface area contributed by atoms with Gasteiger partial charge in [0.2, 0.25) is 0 Å². The molecule has 0 unspecified atom stereocenters. The zero-order chi connectivity index (χ0) is 15.5. The van der Waals surface area contributed by atoms with Crippen LogP contribution in [-0.4, -0.2) is 43.2 Å². The lowest BCUT2D eigenvalue weighted by Gasteiger charge is -2.36. The molecular weight excluding hydrogens is 345 g/mol. The summed E-state index contributed by atoms with van der Waals surface area (Å²) in [5, 5.41) is 4.75. The van der Waals surface area contributed by atoms with E-state index >= 15 is 0 Å². The van der Waals surface area contributed by atoms with Crippen LogP contribution in [0.15, 0.2) is 24.4 Å². The van der Waals surface area contributed by atoms with Crippen LogP contribution in [0.2, 0.25) is 0 Å². The molecule has 2 heterocycles. The molecule has 2 N–H and O–H groups in total. The average molecular weight is 374 g/mol. The first kappa shape index (κ1) is 21.1. The molecule has 1 aliphatic rings. The summed E-state index contributed by atoms with van der Waals surface area (Å²) < 4.78 is 5.42. The van der Waals surface area contributed by atoms with Gasteiger partial charge < -0.3 is 15.0 Å².